The van der Waals surface area contributed by atoms with Gasteiger partial charge in [-0.2, -0.15) is 17.2 Å². The third-order valence-corrected chi connectivity index (χ3v) is 8.59. The fourth-order valence-electron chi connectivity index (χ4n) is 6.66. The van der Waals surface area contributed by atoms with E-state index in [0.29, 0.717) is 11.5 Å². The number of aromatic nitrogens is 3. The molecule has 230 valence electrons. The molecule has 2 aromatic heterocycles. The Morgan fingerprint density at radius 2 is 1.38 bits per heavy atom. The molecule has 1 aliphatic heterocycles. The minimum absolute atomic E-state index is 0. The van der Waals surface area contributed by atoms with Crippen LogP contribution in [0.5, 0.6) is 23.0 Å². The zero-order chi connectivity index (χ0) is 31.1. The van der Waals surface area contributed by atoms with E-state index >= 15 is 0 Å². The van der Waals surface area contributed by atoms with Crippen LogP contribution in [-0.2, 0) is 26.5 Å². The fourth-order valence-corrected chi connectivity index (χ4v) is 6.66. The first kappa shape index (κ1) is 30.4. The molecule has 8 rings (SSSR count). The van der Waals surface area contributed by atoms with Crippen LogP contribution in [0.15, 0.2) is 140 Å². The third kappa shape index (κ3) is 5.27. The second-order valence-electron chi connectivity index (χ2n) is 11.4. The molecule has 0 amide bonds. The predicted molar refractivity (Wildman–Crippen MR) is 179 cm³/mol. The van der Waals surface area contributed by atoms with Crippen molar-refractivity contribution in [2.24, 2.45) is 0 Å². The SMILES string of the molecule is Cc1cccc(C)c1-c1cc(Oc2[c-]c(C3(c4ccccn4)c4ccccc4Oc4ccccc43)ccc2)[c-]c(-n2cccn2)c1.[Pt+2]. The van der Waals surface area contributed by atoms with Crippen LogP contribution in [0.25, 0.3) is 16.8 Å². The molecule has 0 bridgehead atoms. The standard InChI is InChI=1S/C41H29N3O2.Pt/c1-28-12-9-13-29(2)40(28)30-24-32(44-23-11-22-43-44)27-34(25-30)45-33-15-10-14-31(26-33)41(39-20-7-8-21-42-39)35-16-3-5-18-37(35)46-38-19-6-4-17-36(38)41;/h3-25H,1-2H3;/q-2;+2. The van der Waals surface area contributed by atoms with Gasteiger partial charge in [-0.3, -0.25) is 9.67 Å². The molecule has 5 aromatic carbocycles. The minimum Gasteiger partial charge on any atom is -0.509 e. The maximum absolute atomic E-state index is 6.64. The zero-order valence-corrected chi connectivity index (χ0v) is 28.0. The second kappa shape index (κ2) is 12.5. The van der Waals surface area contributed by atoms with Crippen molar-refractivity contribution in [1.29, 1.82) is 0 Å². The summed E-state index contributed by atoms with van der Waals surface area (Å²) in [5, 5.41) is 4.48. The Morgan fingerprint density at radius 3 is 2.06 bits per heavy atom. The molecule has 1 aliphatic rings. The Balaban J connectivity index is 0.00000351. The molecule has 0 saturated heterocycles. The first-order valence-electron chi connectivity index (χ1n) is 15.2. The first-order chi connectivity index (χ1) is 22.6. The third-order valence-electron chi connectivity index (χ3n) is 8.59. The van der Waals surface area contributed by atoms with Gasteiger partial charge in [-0.1, -0.05) is 60.7 Å². The number of nitrogens with zero attached hydrogens (tertiary/aromatic N) is 3. The number of benzene rings is 5. The monoisotopic (exact) mass is 790 g/mol. The van der Waals surface area contributed by atoms with Crippen LogP contribution in [0.1, 0.15) is 33.5 Å². The second-order valence-corrected chi connectivity index (χ2v) is 11.4. The van der Waals surface area contributed by atoms with Gasteiger partial charge in [0.1, 0.15) is 11.5 Å². The van der Waals surface area contributed by atoms with E-state index in [1.54, 1.807) is 10.9 Å². The molecular formula is C41H29N3O2Pt. The molecule has 0 spiro atoms. The van der Waals surface area contributed by atoms with Crippen molar-refractivity contribution in [3.05, 3.63) is 186 Å². The first-order valence-corrected chi connectivity index (χ1v) is 15.2. The van der Waals surface area contributed by atoms with Gasteiger partial charge in [-0.25, -0.2) is 0 Å². The van der Waals surface area contributed by atoms with E-state index < -0.39 is 5.41 Å². The summed E-state index contributed by atoms with van der Waals surface area (Å²) in [5.41, 5.74) is 8.30. The maximum atomic E-state index is 6.64. The summed E-state index contributed by atoms with van der Waals surface area (Å²) in [7, 11) is 0. The zero-order valence-electron chi connectivity index (χ0n) is 25.8. The number of para-hydroxylation sites is 2. The Labute approximate surface area is 288 Å². The summed E-state index contributed by atoms with van der Waals surface area (Å²) in [6.45, 7) is 4.26. The van der Waals surface area contributed by atoms with Gasteiger partial charge in [-0.05, 0) is 66.6 Å². The summed E-state index contributed by atoms with van der Waals surface area (Å²) >= 11 is 0. The molecule has 0 atom stereocenters. The van der Waals surface area contributed by atoms with Crippen LogP contribution in [0, 0.1) is 26.0 Å². The molecule has 0 fully saturated rings. The van der Waals surface area contributed by atoms with Crippen LogP contribution >= 0.6 is 0 Å². The van der Waals surface area contributed by atoms with E-state index in [1.165, 1.54) is 11.1 Å². The molecule has 3 heterocycles. The van der Waals surface area contributed by atoms with Gasteiger partial charge in [0, 0.05) is 41.2 Å². The average Bonchev–Trinajstić information content (AvgIpc) is 3.63. The number of hydrogen-bond acceptors (Lipinski definition) is 4. The largest absolute Gasteiger partial charge is 2.00 e. The van der Waals surface area contributed by atoms with E-state index in [9.17, 15) is 0 Å². The molecule has 47 heavy (non-hydrogen) atoms. The summed E-state index contributed by atoms with van der Waals surface area (Å²) < 4.78 is 14.9. The van der Waals surface area contributed by atoms with Gasteiger partial charge in [-0.15, -0.1) is 41.5 Å². The van der Waals surface area contributed by atoms with Crippen LogP contribution in [0.2, 0.25) is 0 Å². The quantitative estimate of drug-likeness (QED) is 0.158. The smallest absolute Gasteiger partial charge is 0.509 e. The molecule has 5 nitrogen and oxygen atoms in total. The van der Waals surface area contributed by atoms with Gasteiger partial charge in [0.25, 0.3) is 0 Å². The van der Waals surface area contributed by atoms with Crippen LogP contribution in [0.4, 0.5) is 0 Å². The predicted octanol–water partition coefficient (Wildman–Crippen LogP) is 9.43. The minimum atomic E-state index is -0.796. The van der Waals surface area contributed by atoms with Crippen molar-refractivity contribution >= 4 is 0 Å². The fraction of sp³-hybridized carbons (Fsp3) is 0.0732. The van der Waals surface area contributed by atoms with Gasteiger partial charge in [0.15, 0.2) is 0 Å². The normalized spacial score (nSPS) is 12.6. The van der Waals surface area contributed by atoms with E-state index in [2.05, 4.69) is 79.6 Å². The average molecular weight is 791 g/mol. The van der Waals surface area contributed by atoms with Gasteiger partial charge in [0.05, 0.1) is 11.1 Å². The van der Waals surface area contributed by atoms with Crippen molar-refractivity contribution in [2.75, 3.05) is 0 Å². The van der Waals surface area contributed by atoms with E-state index in [-0.39, 0.29) is 21.1 Å². The van der Waals surface area contributed by atoms with Crippen molar-refractivity contribution in [3.63, 3.8) is 0 Å². The summed E-state index contributed by atoms with van der Waals surface area (Å²) in [4.78, 5) is 4.93. The number of ether oxygens (including phenoxy) is 2. The topological polar surface area (TPSA) is 49.2 Å². The van der Waals surface area contributed by atoms with Gasteiger partial charge >= 0.3 is 21.1 Å². The van der Waals surface area contributed by atoms with Crippen LogP contribution < -0.4 is 9.47 Å². The maximum Gasteiger partial charge on any atom is 2.00 e. The summed E-state index contributed by atoms with van der Waals surface area (Å²) in [5.74, 6) is 2.70. The molecule has 7 aromatic rings. The number of hydrogen-bond donors (Lipinski definition) is 0. The molecule has 0 radical (unpaired) electrons. The van der Waals surface area contributed by atoms with Crippen LogP contribution in [0.3, 0.4) is 0 Å². The number of rotatable bonds is 6. The molecular weight excluding hydrogens is 762 g/mol. The van der Waals surface area contributed by atoms with Crippen molar-refractivity contribution < 1.29 is 30.5 Å². The van der Waals surface area contributed by atoms with E-state index in [1.807, 2.05) is 85.2 Å². The van der Waals surface area contributed by atoms with Crippen molar-refractivity contribution in [2.45, 2.75) is 19.3 Å². The number of pyridine rings is 1. The Kier molecular flexibility index (Phi) is 8.09. The van der Waals surface area contributed by atoms with E-state index in [0.717, 1.165) is 50.7 Å². The van der Waals surface area contributed by atoms with Gasteiger partial charge in [0.2, 0.25) is 0 Å². The Hall–Kier alpha value is -5.25. The molecule has 0 saturated carbocycles. The Morgan fingerprint density at radius 1 is 0.681 bits per heavy atom. The molecule has 0 aliphatic carbocycles. The van der Waals surface area contributed by atoms with Gasteiger partial charge < -0.3 is 9.47 Å². The Bertz CT molecular complexity index is 2130. The molecule has 0 unspecified atom stereocenters. The van der Waals surface area contributed by atoms with Crippen LogP contribution in [-0.4, -0.2) is 14.8 Å². The molecule has 0 N–H and O–H groups in total. The summed E-state index contributed by atoms with van der Waals surface area (Å²) in [6.07, 6.45) is 5.51. The van der Waals surface area contributed by atoms with Crippen molar-refractivity contribution in [3.8, 4) is 39.8 Å². The number of aryl methyl sites for hydroxylation is 2. The molecule has 6 heteroatoms. The van der Waals surface area contributed by atoms with E-state index in [4.69, 9.17) is 14.5 Å². The van der Waals surface area contributed by atoms with Crippen molar-refractivity contribution in [1.82, 2.24) is 14.8 Å². The number of fused-ring (bicyclic) bond motifs is 2. The summed E-state index contributed by atoms with van der Waals surface area (Å²) in [6, 6.07) is 47.9.